The van der Waals surface area contributed by atoms with Crippen molar-refractivity contribution in [1.29, 1.82) is 0 Å². The molecular formula is C9H12O3S. The molecule has 0 amide bonds. The molecule has 0 bridgehead atoms. The molecule has 0 radical (unpaired) electrons. The van der Waals surface area contributed by atoms with E-state index in [0.717, 1.165) is 12.7 Å². The largest absolute Gasteiger partial charge is 0.296 e. The fourth-order valence-electron chi connectivity index (χ4n) is 1.07. The Morgan fingerprint density at radius 2 is 1.85 bits per heavy atom. The summed E-state index contributed by atoms with van der Waals surface area (Å²) in [5.74, 6) is 0. The fraction of sp³-hybridized carbons (Fsp3) is 0.333. The topological polar surface area (TPSA) is 43.4 Å². The van der Waals surface area contributed by atoms with Gasteiger partial charge < -0.3 is 0 Å². The zero-order valence-electron chi connectivity index (χ0n) is 7.87. The van der Waals surface area contributed by atoms with Crippen molar-refractivity contribution >= 4 is 10.1 Å². The molecule has 72 valence electrons. The van der Waals surface area contributed by atoms with E-state index in [-0.39, 0.29) is 4.90 Å². The lowest BCUT2D eigenvalue weighted by Crippen LogP contribution is -2.05. The molecule has 0 N–H and O–H groups in total. The van der Waals surface area contributed by atoms with Gasteiger partial charge in [0.25, 0.3) is 10.1 Å². The molecule has 0 unspecified atom stereocenters. The standard InChI is InChI=1S/C9H12O3S/c1-7-4-5-8(2)9(6-7)13(10,11)12-3/h4-6H,1-3H3. The SMILES string of the molecule is COS(=O)(=O)c1cc(C)ccc1C. The number of aryl methyl sites for hydroxylation is 2. The van der Waals surface area contributed by atoms with Crippen molar-refractivity contribution in [3.05, 3.63) is 29.3 Å². The highest BCUT2D eigenvalue weighted by atomic mass is 32.2. The summed E-state index contributed by atoms with van der Waals surface area (Å²) >= 11 is 0. The van der Waals surface area contributed by atoms with Crippen LogP contribution in [-0.4, -0.2) is 15.5 Å². The fourth-order valence-corrected chi connectivity index (χ4v) is 2.04. The molecule has 0 aliphatic heterocycles. The average Bonchev–Trinajstić information content (AvgIpc) is 2.09. The lowest BCUT2D eigenvalue weighted by atomic mass is 10.2. The van der Waals surface area contributed by atoms with Crippen LogP contribution in [0.25, 0.3) is 0 Å². The number of hydrogen-bond donors (Lipinski definition) is 0. The van der Waals surface area contributed by atoms with Gasteiger partial charge in [0, 0.05) is 0 Å². The Bertz CT molecular complexity index is 407. The van der Waals surface area contributed by atoms with Gasteiger partial charge >= 0.3 is 0 Å². The van der Waals surface area contributed by atoms with E-state index < -0.39 is 10.1 Å². The minimum Gasteiger partial charge on any atom is -0.270 e. The number of rotatable bonds is 2. The number of benzene rings is 1. The van der Waals surface area contributed by atoms with Crippen LogP contribution < -0.4 is 0 Å². The van der Waals surface area contributed by atoms with Crippen molar-refractivity contribution in [3.8, 4) is 0 Å². The third-order valence-electron chi connectivity index (χ3n) is 1.83. The molecule has 1 aromatic rings. The molecule has 0 aromatic heterocycles. The first-order valence-electron chi connectivity index (χ1n) is 3.85. The highest BCUT2D eigenvalue weighted by molar-refractivity contribution is 7.86. The molecule has 4 heteroatoms. The van der Waals surface area contributed by atoms with Crippen LogP contribution >= 0.6 is 0 Å². The molecule has 1 aromatic carbocycles. The second kappa shape index (κ2) is 3.47. The van der Waals surface area contributed by atoms with Gasteiger partial charge in [-0.15, -0.1) is 0 Å². The first-order valence-corrected chi connectivity index (χ1v) is 5.26. The van der Waals surface area contributed by atoms with Crippen molar-refractivity contribution in [2.45, 2.75) is 18.7 Å². The third-order valence-corrected chi connectivity index (χ3v) is 3.25. The highest BCUT2D eigenvalue weighted by Gasteiger charge is 2.15. The predicted octanol–water partition coefficient (Wildman–Crippen LogP) is 1.64. The molecule has 13 heavy (non-hydrogen) atoms. The van der Waals surface area contributed by atoms with E-state index in [1.54, 1.807) is 19.1 Å². The maximum Gasteiger partial charge on any atom is 0.296 e. The van der Waals surface area contributed by atoms with Gasteiger partial charge in [0.05, 0.1) is 12.0 Å². The van der Waals surface area contributed by atoms with Crippen molar-refractivity contribution in [3.63, 3.8) is 0 Å². The van der Waals surface area contributed by atoms with Crippen LogP contribution in [0.4, 0.5) is 0 Å². The van der Waals surface area contributed by atoms with Crippen LogP contribution in [0, 0.1) is 13.8 Å². The molecule has 0 spiro atoms. The van der Waals surface area contributed by atoms with Crippen molar-refractivity contribution < 1.29 is 12.6 Å². The van der Waals surface area contributed by atoms with Gasteiger partial charge in [-0.3, -0.25) is 4.18 Å². The van der Waals surface area contributed by atoms with Gasteiger partial charge in [-0.1, -0.05) is 12.1 Å². The zero-order chi connectivity index (χ0) is 10.1. The third kappa shape index (κ3) is 2.08. The molecule has 0 aliphatic rings. The summed E-state index contributed by atoms with van der Waals surface area (Å²) in [6, 6.07) is 5.24. The molecule has 3 nitrogen and oxygen atoms in total. The van der Waals surface area contributed by atoms with E-state index in [1.165, 1.54) is 0 Å². The van der Waals surface area contributed by atoms with Crippen molar-refractivity contribution in [2.24, 2.45) is 0 Å². The summed E-state index contributed by atoms with van der Waals surface area (Å²) in [4.78, 5) is 0.245. The monoisotopic (exact) mass is 200 g/mol. The minimum atomic E-state index is -3.55. The van der Waals surface area contributed by atoms with Crippen LogP contribution in [0.5, 0.6) is 0 Å². The van der Waals surface area contributed by atoms with Gasteiger partial charge in [-0.25, -0.2) is 0 Å². The van der Waals surface area contributed by atoms with E-state index >= 15 is 0 Å². The van der Waals surface area contributed by atoms with Crippen LogP contribution in [0.2, 0.25) is 0 Å². The zero-order valence-corrected chi connectivity index (χ0v) is 8.68. The van der Waals surface area contributed by atoms with E-state index in [2.05, 4.69) is 4.18 Å². The summed E-state index contributed by atoms with van der Waals surface area (Å²) in [5.41, 5.74) is 1.61. The Balaban J connectivity index is 3.38. The Kier molecular flexibility index (Phi) is 2.73. The molecule has 0 saturated carbocycles. The van der Waals surface area contributed by atoms with Gasteiger partial charge in [0.1, 0.15) is 0 Å². The van der Waals surface area contributed by atoms with E-state index in [9.17, 15) is 8.42 Å². The van der Waals surface area contributed by atoms with Gasteiger partial charge in [0.15, 0.2) is 0 Å². The van der Waals surface area contributed by atoms with E-state index in [1.807, 2.05) is 13.0 Å². The number of hydrogen-bond acceptors (Lipinski definition) is 3. The minimum absolute atomic E-state index is 0.245. The summed E-state index contributed by atoms with van der Waals surface area (Å²) in [6.07, 6.45) is 0. The van der Waals surface area contributed by atoms with E-state index in [0.29, 0.717) is 5.56 Å². The second-order valence-corrected chi connectivity index (χ2v) is 4.57. The first kappa shape index (κ1) is 10.2. The maximum atomic E-state index is 11.4. The van der Waals surface area contributed by atoms with Crippen LogP contribution in [0.15, 0.2) is 23.1 Å². The normalized spacial score (nSPS) is 11.6. The Labute approximate surface area is 78.5 Å². The molecule has 1 rings (SSSR count). The Morgan fingerprint density at radius 1 is 1.23 bits per heavy atom. The van der Waals surface area contributed by atoms with Gasteiger partial charge in [0.2, 0.25) is 0 Å². The van der Waals surface area contributed by atoms with Gasteiger partial charge in [-0.2, -0.15) is 8.42 Å². The predicted molar refractivity (Wildman–Crippen MR) is 50.1 cm³/mol. The molecule has 0 saturated heterocycles. The quantitative estimate of drug-likeness (QED) is 0.681. The van der Waals surface area contributed by atoms with Crippen molar-refractivity contribution in [2.75, 3.05) is 7.11 Å². The lowest BCUT2D eigenvalue weighted by molar-refractivity contribution is 0.397. The molecular weight excluding hydrogens is 188 g/mol. The first-order chi connectivity index (χ1) is 5.97. The molecule has 0 heterocycles. The average molecular weight is 200 g/mol. The lowest BCUT2D eigenvalue weighted by Gasteiger charge is -2.05. The summed E-state index contributed by atoms with van der Waals surface area (Å²) in [5, 5.41) is 0. The second-order valence-electron chi connectivity index (χ2n) is 2.89. The van der Waals surface area contributed by atoms with Gasteiger partial charge in [-0.05, 0) is 31.0 Å². The van der Waals surface area contributed by atoms with Crippen LogP contribution in [0.1, 0.15) is 11.1 Å². The Morgan fingerprint density at radius 3 is 2.38 bits per heavy atom. The summed E-state index contributed by atoms with van der Waals surface area (Å²) in [7, 11) is -2.39. The summed E-state index contributed by atoms with van der Waals surface area (Å²) in [6.45, 7) is 3.58. The smallest absolute Gasteiger partial charge is 0.270 e. The molecule has 0 aliphatic carbocycles. The van der Waals surface area contributed by atoms with Crippen LogP contribution in [0.3, 0.4) is 0 Å². The Hall–Kier alpha value is -0.870. The summed E-state index contributed by atoms with van der Waals surface area (Å²) < 4.78 is 27.1. The van der Waals surface area contributed by atoms with Crippen LogP contribution in [-0.2, 0) is 14.3 Å². The molecule has 0 fully saturated rings. The highest BCUT2D eigenvalue weighted by Crippen LogP contribution is 2.17. The maximum absolute atomic E-state index is 11.4. The van der Waals surface area contributed by atoms with Crippen molar-refractivity contribution in [1.82, 2.24) is 0 Å². The molecule has 0 atom stereocenters. The van der Waals surface area contributed by atoms with E-state index in [4.69, 9.17) is 0 Å².